The number of nitrogens with two attached hydrogens (primary N) is 1. The topological polar surface area (TPSA) is 107 Å². The van der Waals surface area contributed by atoms with Gasteiger partial charge in [-0.15, -0.1) is 0 Å². The molecule has 0 saturated carbocycles. The SMILES string of the molecule is NC(=O)c1[nH]cnc1OC(=O)c1ccccc1Oc1ccccc1. The van der Waals surface area contributed by atoms with Crippen LogP contribution in [0.1, 0.15) is 20.8 Å². The minimum Gasteiger partial charge on any atom is -0.456 e. The van der Waals surface area contributed by atoms with Crippen molar-refractivity contribution in [2.45, 2.75) is 0 Å². The van der Waals surface area contributed by atoms with Crippen molar-refractivity contribution in [3.8, 4) is 17.4 Å². The normalized spacial score (nSPS) is 10.2. The van der Waals surface area contributed by atoms with Gasteiger partial charge in [-0.25, -0.2) is 9.78 Å². The van der Waals surface area contributed by atoms with E-state index in [1.807, 2.05) is 18.2 Å². The van der Waals surface area contributed by atoms with Gasteiger partial charge in [-0.1, -0.05) is 30.3 Å². The van der Waals surface area contributed by atoms with E-state index in [2.05, 4.69) is 9.97 Å². The van der Waals surface area contributed by atoms with Crippen molar-refractivity contribution in [1.82, 2.24) is 9.97 Å². The van der Waals surface area contributed by atoms with Crippen molar-refractivity contribution in [3.63, 3.8) is 0 Å². The van der Waals surface area contributed by atoms with Crippen molar-refractivity contribution in [1.29, 1.82) is 0 Å². The van der Waals surface area contributed by atoms with E-state index in [4.69, 9.17) is 15.2 Å². The molecule has 7 nitrogen and oxygen atoms in total. The summed E-state index contributed by atoms with van der Waals surface area (Å²) >= 11 is 0. The number of H-pyrrole nitrogens is 1. The molecule has 0 spiro atoms. The standard InChI is InChI=1S/C17H13N3O4/c18-15(21)14-16(20-10-19-14)24-17(22)12-8-4-5-9-13(12)23-11-6-2-1-3-7-11/h1-10H,(H2,18,21)(H,19,20). The highest BCUT2D eigenvalue weighted by molar-refractivity contribution is 5.97. The fourth-order valence-electron chi connectivity index (χ4n) is 2.02. The predicted octanol–water partition coefficient (Wildman–Crippen LogP) is 2.52. The third-order valence-corrected chi connectivity index (χ3v) is 3.12. The molecular weight excluding hydrogens is 310 g/mol. The van der Waals surface area contributed by atoms with Crippen molar-refractivity contribution in [2.75, 3.05) is 0 Å². The summed E-state index contributed by atoms with van der Waals surface area (Å²) in [6, 6.07) is 15.6. The number of carbonyl (C=O) groups excluding carboxylic acids is 2. The lowest BCUT2D eigenvalue weighted by Gasteiger charge is -2.10. The van der Waals surface area contributed by atoms with Gasteiger partial charge in [-0.3, -0.25) is 4.79 Å². The highest BCUT2D eigenvalue weighted by Gasteiger charge is 2.20. The number of hydrogen-bond donors (Lipinski definition) is 2. The van der Waals surface area contributed by atoms with Crippen LogP contribution in [0, 0.1) is 0 Å². The van der Waals surface area contributed by atoms with E-state index in [1.165, 1.54) is 6.33 Å². The molecule has 7 heteroatoms. The van der Waals surface area contributed by atoms with Crippen LogP contribution >= 0.6 is 0 Å². The predicted molar refractivity (Wildman–Crippen MR) is 85.0 cm³/mol. The lowest BCUT2D eigenvalue weighted by molar-refractivity contribution is 0.0723. The van der Waals surface area contributed by atoms with Gasteiger partial charge in [0.2, 0.25) is 0 Å². The van der Waals surface area contributed by atoms with E-state index in [9.17, 15) is 9.59 Å². The van der Waals surface area contributed by atoms with E-state index in [0.717, 1.165) is 0 Å². The Hall–Kier alpha value is -3.61. The number of esters is 1. The molecule has 0 aliphatic carbocycles. The summed E-state index contributed by atoms with van der Waals surface area (Å²) in [6.45, 7) is 0. The van der Waals surface area contributed by atoms with Gasteiger partial charge in [0.25, 0.3) is 11.8 Å². The summed E-state index contributed by atoms with van der Waals surface area (Å²) in [7, 11) is 0. The maximum Gasteiger partial charge on any atom is 0.348 e. The molecule has 3 N–H and O–H groups in total. The number of aromatic amines is 1. The largest absolute Gasteiger partial charge is 0.456 e. The summed E-state index contributed by atoms with van der Waals surface area (Å²) in [4.78, 5) is 29.9. The Kier molecular flexibility index (Phi) is 4.24. The van der Waals surface area contributed by atoms with Gasteiger partial charge < -0.3 is 20.2 Å². The Morgan fingerprint density at radius 3 is 2.46 bits per heavy atom. The fourth-order valence-corrected chi connectivity index (χ4v) is 2.02. The average molecular weight is 323 g/mol. The number of ether oxygens (including phenoxy) is 2. The summed E-state index contributed by atoms with van der Waals surface area (Å²) in [5.41, 5.74) is 5.29. The fraction of sp³-hybridized carbons (Fsp3) is 0. The third-order valence-electron chi connectivity index (χ3n) is 3.12. The van der Waals surface area contributed by atoms with Crippen LogP contribution < -0.4 is 15.2 Å². The lowest BCUT2D eigenvalue weighted by Crippen LogP contribution is -2.16. The van der Waals surface area contributed by atoms with Crippen molar-refractivity contribution in [3.05, 3.63) is 72.2 Å². The number of nitrogens with zero attached hydrogens (tertiary/aromatic N) is 1. The van der Waals surface area contributed by atoms with E-state index in [0.29, 0.717) is 11.5 Å². The highest BCUT2D eigenvalue weighted by Crippen LogP contribution is 2.26. The molecule has 1 heterocycles. The van der Waals surface area contributed by atoms with Gasteiger partial charge in [0.1, 0.15) is 17.1 Å². The molecule has 0 fully saturated rings. The molecule has 3 aromatic rings. The van der Waals surface area contributed by atoms with E-state index >= 15 is 0 Å². The number of benzene rings is 2. The van der Waals surface area contributed by atoms with E-state index in [1.54, 1.807) is 36.4 Å². The molecule has 0 aliphatic heterocycles. The van der Waals surface area contributed by atoms with E-state index < -0.39 is 11.9 Å². The van der Waals surface area contributed by atoms with Gasteiger partial charge >= 0.3 is 5.97 Å². The number of para-hydroxylation sites is 2. The van der Waals surface area contributed by atoms with Gasteiger partial charge in [-0.2, -0.15) is 0 Å². The maximum absolute atomic E-state index is 12.4. The number of rotatable bonds is 5. The molecule has 0 atom stereocenters. The van der Waals surface area contributed by atoms with Crippen LogP contribution in [0.25, 0.3) is 0 Å². The average Bonchev–Trinajstić information content (AvgIpc) is 3.04. The molecule has 0 aliphatic rings. The first kappa shape index (κ1) is 15.3. The molecule has 0 bridgehead atoms. The molecule has 0 radical (unpaired) electrons. The monoisotopic (exact) mass is 323 g/mol. The summed E-state index contributed by atoms with van der Waals surface area (Å²) in [5, 5.41) is 0. The smallest absolute Gasteiger partial charge is 0.348 e. The highest BCUT2D eigenvalue weighted by atomic mass is 16.5. The Balaban J connectivity index is 1.85. The summed E-state index contributed by atoms with van der Waals surface area (Å²) < 4.78 is 10.9. The molecule has 120 valence electrons. The number of carbonyl (C=O) groups is 2. The molecular formula is C17H13N3O4. The molecule has 1 amide bonds. The third kappa shape index (κ3) is 3.25. The number of amides is 1. The maximum atomic E-state index is 12.4. The molecule has 24 heavy (non-hydrogen) atoms. The number of primary amides is 1. The van der Waals surface area contributed by atoms with Crippen LogP contribution in [0.4, 0.5) is 0 Å². The van der Waals surface area contributed by atoms with Crippen LogP contribution in [0.5, 0.6) is 17.4 Å². The molecule has 1 aromatic heterocycles. The van der Waals surface area contributed by atoms with Crippen LogP contribution in [-0.4, -0.2) is 21.8 Å². The summed E-state index contributed by atoms with van der Waals surface area (Å²) in [6.07, 6.45) is 1.22. The minimum absolute atomic E-state index is 0.0789. The van der Waals surface area contributed by atoms with Crippen LogP contribution in [0.3, 0.4) is 0 Å². The Bertz CT molecular complexity index is 874. The number of hydrogen-bond acceptors (Lipinski definition) is 5. The first-order chi connectivity index (χ1) is 11.6. The molecule has 2 aromatic carbocycles. The number of imidazole rings is 1. The summed E-state index contributed by atoms with van der Waals surface area (Å²) in [5.74, 6) is -0.762. The lowest BCUT2D eigenvalue weighted by atomic mass is 10.2. The van der Waals surface area contributed by atoms with Gasteiger partial charge in [0.05, 0.1) is 6.33 Å². The first-order valence-corrected chi connectivity index (χ1v) is 7.02. The Morgan fingerprint density at radius 2 is 1.71 bits per heavy atom. The van der Waals surface area contributed by atoms with Crippen LogP contribution in [-0.2, 0) is 0 Å². The van der Waals surface area contributed by atoms with Gasteiger partial charge in [-0.05, 0) is 24.3 Å². The Morgan fingerprint density at radius 1 is 1.00 bits per heavy atom. The number of nitrogens with one attached hydrogen (secondary N) is 1. The van der Waals surface area contributed by atoms with Crippen molar-refractivity contribution in [2.24, 2.45) is 5.73 Å². The van der Waals surface area contributed by atoms with Gasteiger partial charge in [0.15, 0.2) is 5.69 Å². The quantitative estimate of drug-likeness (QED) is 0.702. The van der Waals surface area contributed by atoms with Crippen molar-refractivity contribution < 1.29 is 19.1 Å². The minimum atomic E-state index is -0.774. The second-order valence-corrected chi connectivity index (χ2v) is 4.75. The zero-order valence-electron chi connectivity index (χ0n) is 12.4. The molecule has 0 saturated heterocycles. The number of aromatic nitrogens is 2. The molecule has 3 rings (SSSR count). The van der Waals surface area contributed by atoms with Crippen LogP contribution in [0.2, 0.25) is 0 Å². The second kappa shape index (κ2) is 6.66. The van der Waals surface area contributed by atoms with Crippen LogP contribution in [0.15, 0.2) is 60.9 Å². The second-order valence-electron chi connectivity index (χ2n) is 4.75. The Labute approximate surface area is 137 Å². The zero-order chi connectivity index (χ0) is 16.9. The molecule has 0 unspecified atom stereocenters. The first-order valence-electron chi connectivity index (χ1n) is 7.02. The zero-order valence-corrected chi connectivity index (χ0v) is 12.4. The van der Waals surface area contributed by atoms with E-state index in [-0.39, 0.29) is 17.1 Å². The van der Waals surface area contributed by atoms with Crippen molar-refractivity contribution >= 4 is 11.9 Å². The van der Waals surface area contributed by atoms with Gasteiger partial charge in [0, 0.05) is 0 Å².